The van der Waals surface area contributed by atoms with Gasteiger partial charge in [-0.3, -0.25) is 4.90 Å². The lowest BCUT2D eigenvalue weighted by molar-refractivity contribution is 0.196. The van der Waals surface area contributed by atoms with E-state index >= 15 is 0 Å². The maximum absolute atomic E-state index is 4.82. The molecule has 7 nitrogen and oxygen atoms in total. The van der Waals surface area contributed by atoms with Crippen molar-refractivity contribution < 1.29 is 0 Å². The van der Waals surface area contributed by atoms with Crippen molar-refractivity contribution in [3.8, 4) is 0 Å². The number of hydrogen-bond acceptors (Lipinski definition) is 6. The van der Waals surface area contributed by atoms with Crippen molar-refractivity contribution >= 4 is 5.65 Å². The number of piperidine rings is 1. The van der Waals surface area contributed by atoms with E-state index < -0.39 is 0 Å². The van der Waals surface area contributed by atoms with E-state index in [1.807, 2.05) is 10.6 Å². The highest BCUT2D eigenvalue weighted by molar-refractivity contribution is 5.38. The molecular weight excluding hydrogens is 314 g/mol. The van der Waals surface area contributed by atoms with E-state index in [1.54, 1.807) is 12.4 Å². The number of rotatable bonds is 4. The molecule has 7 heteroatoms. The van der Waals surface area contributed by atoms with Gasteiger partial charge in [-0.25, -0.2) is 9.97 Å². The van der Waals surface area contributed by atoms with Gasteiger partial charge in [0, 0.05) is 24.2 Å². The monoisotopic (exact) mass is 335 g/mol. The SMILES string of the molecule is c1cnc(CN2CCC(c3nnc4ccc(C5CC5)nn34)CC2)nc1. The van der Waals surface area contributed by atoms with Crippen molar-refractivity contribution in [3.05, 3.63) is 47.9 Å². The molecule has 0 radical (unpaired) electrons. The van der Waals surface area contributed by atoms with Crippen LogP contribution in [0.15, 0.2) is 30.6 Å². The fraction of sp³-hybridized carbons (Fsp3) is 0.500. The van der Waals surface area contributed by atoms with Gasteiger partial charge in [-0.15, -0.1) is 10.2 Å². The van der Waals surface area contributed by atoms with Crippen molar-refractivity contribution in [2.45, 2.75) is 44.1 Å². The van der Waals surface area contributed by atoms with Crippen LogP contribution in [0.2, 0.25) is 0 Å². The van der Waals surface area contributed by atoms with E-state index in [2.05, 4.69) is 37.2 Å². The zero-order chi connectivity index (χ0) is 16.6. The third kappa shape index (κ3) is 3.00. The number of aromatic nitrogens is 6. The lowest BCUT2D eigenvalue weighted by Gasteiger charge is -2.30. The van der Waals surface area contributed by atoms with Gasteiger partial charge in [0.05, 0.1) is 12.2 Å². The van der Waals surface area contributed by atoms with Crippen molar-refractivity contribution in [2.24, 2.45) is 0 Å². The smallest absolute Gasteiger partial charge is 0.177 e. The highest BCUT2D eigenvalue weighted by Gasteiger charge is 2.28. The van der Waals surface area contributed by atoms with Crippen molar-refractivity contribution in [1.29, 1.82) is 0 Å². The van der Waals surface area contributed by atoms with Crippen LogP contribution < -0.4 is 0 Å². The van der Waals surface area contributed by atoms with E-state index in [0.29, 0.717) is 11.8 Å². The highest BCUT2D eigenvalue weighted by atomic mass is 15.4. The number of likely N-dealkylation sites (tertiary alicyclic amines) is 1. The zero-order valence-electron chi connectivity index (χ0n) is 14.1. The molecule has 0 N–H and O–H groups in total. The average molecular weight is 335 g/mol. The van der Waals surface area contributed by atoms with Crippen LogP contribution in [0.25, 0.3) is 5.65 Å². The average Bonchev–Trinajstić information content (AvgIpc) is 3.43. The van der Waals surface area contributed by atoms with Crippen LogP contribution in [0.3, 0.4) is 0 Å². The predicted molar refractivity (Wildman–Crippen MR) is 92.0 cm³/mol. The highest BCUT2D eigenvalue weighted by Crippen LogP contribution is 2.39. The maximum Gasteiger partial charge on any atom is 0.177 e. The molecule has 0 bridgehead atoms. The summed E-state index contributed by atoms with van der Waals surface area (Å²) in [6, 6.07) is 6.02. The fourth-order valence-corrected chi connectivity index (χ4v) is 3.63. The molecule has 0 spiro atoms. The van der Waals surface area contributed by atoms with Crippen LogP contribution in [-0.4, -0.2) is 47.8 Å². The summed E-state index contributed by atoms with van der Waals surface area (Å²) in [7, 11) is 0. The van der Waals surface area contributed by atoms with Crippen LogP contribution in [0.1, 0.15) is 54.9 Å². The topological polar surface area (TPSA) is 72.1 Å². The standard InChI is InChI=1S/C18H21N7/c1-8-19-16(20-9-1)12-24-10-6-14(7-11-24)18-22-21-17-5-4-15(13-2-3-13)23-25(17)18/h1,4-5,8-9,13-14H,2-3,6-7,10-12H2. The van der Waals surface area contributed by atoms with Gasteiger partial charge in [0.2, 0.25) is 0 Å². The Morgan fingerprint density at radius 1 is 0.920 bits per heavy atom. The molecular formula is C18H21N7. The minimum atomic E-state index is 0.421. The van der Waals surface area contributed by atoms with E-state index in [-0.39, 0.29) is 0 Å². The van der Waals surface area contributed by atoms with Gasteiger partial charge in [0.25, 0.3) is 0 Å². The molecule has 0 amide bonds. The molecule has 4 heterocycles. The van der Waals surface area contributed by atoms with Crippen LogP contribution in [-0.2, 0) is 6.54 Å². The molecule has 3 aromatic heterocycles. The molecule has 1 aliphatic heterocycles. The molecule has 3 aromatic rings. The zero-order valence-corrected chi connectivity index (χ0v) is 14.1. The van der Waals surface area contributed by atoms with Crippen molar-refractivity contribution in [3.63, 3.8) is 0 Å². The predicted octanol–water partition coefficient (Wildman–Crippen LogP) is 2.17. The Kier molecular flexibility index (Phi) is 3.66. The van der Waals surface area contributed by atoms with E-state index in [9.17, 15) is 0 Å². The molecule has 0 aromatic carbocycles. The molecule has 1 saturated heterocycles. The lowest BCUT2D eigenvalue weighted by Crippen LogP contribution is -2.33. The maximum atomic E-state index is 4.82. The van der Waals surface area contributed by atoms with Gasteiger partial charge in [-0.1, -0.05) is 0 Å². The Balaban J connectivity index is 1.30. The summed E-state index contributed by atoms with van der Waals surface area (Å²) in [4.78, 5) is 11.1. The summed E-state index contributed by atoms with van der Waals surface area (Å²) in [6.07, 6.45) is 8.28. The Morgan fingerprint density at radius 3 is 2.48 bits per heavy atom. The van der Waals surface area contributed by atoms with Crippen LogP contribution in [0.4, 0.5) is 0 Å². The molecule has 1 saturated carbocycles. The second kappa shape index (κ2) is 6.15. The van der Waals surface area contributed by atoms with Gasteiger partial charge in [-0.05, 0) is 57.0 Å². The fourth-order valence-electron chi connectivity index (χ4n) is 3.63. The summed E-state index contributed by atoms with van der Waals surface area (Å²) >= 11 is 0. The Bertz CT molecular complexity index is 864. The van der Waals surface area contributed by atoms with Crippen LogP contribution in [0.5, 0.6) is 0 Å². The third-order valence-corrected chi connectivity index (χ3v) is 5.24. The second-order valence-corrected chi connectivity index (χ2v) is 7.08. The lowest BCUT2D eigenvalue weighted by atomic mass is 9.96. The Morgan fingerprint density at radius 2 is 1.72 bits per heavy atom. The van der Waals surface area contributed by atoms with Crippen LogP contribution in [0, 0.1) is 0 Å². The van der Waals surface area contributed by atoms with Gasteiger partial charge >= 0.3 is 0 Å². The summed E-state index contributed by atoms with van der Waals surface area (Å²) < 4.78 is 1.98. The quantitative estimate of drug-likeness (QED) is 0.728. The molecule has 128 valence electrons. The van der Waals surface area contributed by atoms with Gasteiger partial charge in [0.1, 0.15) is 5.82 Å². The summed E-state index contributed by atoms with van der Waals surface area (Å²) in [5.74, 6) is 2.98. The van der Waals surface area contributed by atoms with E-state index in [0.717, 1.165) is 49.8 Å². The summed E-state index contributed by atoms with van der Waals surface area (Å²) in [6.45, 7) is 2.87. The number of fused-ring (bicyclic) bond motifs is 1. The first-order valence-corrected chi connectivity index (χ1v) is 9.07. The van der Waals surface area contributed by atoms with Crippen molar-refractivity contribution in [1.82, 2.24) is 34.7 Å². The first-order valence-electron chi connectivity index (χ1n) is 9.07. The molecule has 2 fully saturated rings. The second-order valence-electron chi connectivity index (χ2n) is 7.08. The third-order valence-electron chi connectivity index (χ3n) is 5.24. The summed E-state index contributed by atoms with van der Waals surface area (Å²) in [5.41, 5.74) is 2.05. The van der Waals surface area contributed by atoms with E-state index in [4.69, 9.17) is 5.10 Å². The normalized spacial score (nSPS) is 19.5. The van der Waals surface area contributed by atoms with Gasteiger partial charge in [0.15, 0.2) is 11.5 Å². The van der Waals surface area contributed by atoms with Gasteiger partial charge in [-0.2, -0.15) is 9.61 Å². The number of hydrogen-bond donors (Lipinski definition) is 0. The molecule has 5 rings (SSSR count). The first kappa shape index (κ1) is 14.9. The number of nitrogens with zero attached hydrogens (tertiary/aromatic N) is 7. The molecule has 2 aliphatic rings. The Hall–Kier alpha value is -2.41. The molecule has 0 unspecified atom stereocenters. The van der Waals surface area contributed by atoms with Crippen molar-refractivity contribution in [2.75, 3.05) is 13.1 Å². The first-order chi connectivity index (χ1) is 12.4. The van der Waals surface area contributed by atoms with Gasteiger partial charge < -0.3 is 0 Å². The van der Waals surface area contributed by atoms with Crippen LogP contribution >= 0.6 is 0 Å². The van der Waals surface area contributed by atoms with E-state index in [1.165, 1.54) is 18.5 Å². The molecule has 0 atom stereocenters. The summed E-state index contributed by atoms with van der Waals surface area (Å²) in [5, 5.41) is 13.6. The minimum absolute atomic E-state index is 0.421. The largest absolute Gasteiger partial charge is 0.296 e. The molecule has 25 heavy (non-hydrogen) atoms. The Labute approximate surface area is 146 Å². The molecule has 1 aliphatic carbocycles. The minimum Gasteiger partial charge on any atom is -0.296 e.